The molecule has 2 aromatic rings. The third-order valence-electron chi connectivity index (χ3n) is 3.42. The molecule has 2 rings (SSSR count). The van der Waals surface area contributed by atoms with E-state index in [1.807, 2.05) is 0 Å². The van der Waals surface area contributed by atoms with Gasteiger partial charge < -0.3 is 26.0 Å². The molecule has 1 amide bonds. The molecule has 1 heterocycles. The van der Waals surface area contributed by atoms with Crippen LogP contribution in [0.2, 0.25) is 0 Å². The van der Waals surface area contributed by atoms with Gasteiger partial charge in [-0.15, -0.1) is 12.4 Å². The van der Waals surface area contributed by atoms with Crippen molar-refractivity contribution in [1.29, 1.82) is 0 Å². The number of aromatic nitrogens is 1. The van der Waals surface area contributed by atoms with Gasteiger partial charge in [0.05, 0.1) is 12.7 Å². The van der Waals surface area contributed by atoms with Crippen molar-refractivity contribution < 1.29 is 32.9 Å². The molecule has 0 saturated heterocycles. The van der Waals surface area contributed by atoms with Crippen LogP contribution >= 0.6 is 12.4 Å². The summed E-state index contributed by atoms with van der Waals surface area (Å²) in [6, 6.07) is 7.81. The lowest BCUT2D eigenvalue weighted by molar-refractivity contribution is -0.141. The SMILES string of the molecule is Cl.NCc1cc(Oc2cccc(C(=O)NCC(O)CO)c2)nc(C(F)(F)F)c1. The summed E-state index contributed by atoms with van der Waals surface area (Å²) in [7, 11) is 0. The van der Waals surface area contributed by atoms with Crippen molar-refractivity contribution in [3.05, 3.63) is 53.2 Å². The van der Waals surface area contributed by atoms with Crippen molar-refractivity contribution in [3.63, 3.8) is 0 Å². The van der Waals surface area contributed by atoms with Crippen LogP contribution in [-0.4, -0.2) is 40.4 Å². The number of nitrogens with zero attached hydrogens (tertiary/aromatic N) is 1. The number of carbonyl (C=O) groups excluding carboxylic acids is 1. The molecule has 11 heteroatoms. The maximum absolute atomic E-state index is 12.9. The van der Waals surface area contributed by atoms with E-state index in [1.54, 1.807) is 0 Å². The van der Waals surface area contributed by atoms with Crippen LogP contribution in [0, 0.1) is 0 Å². The summed E-state index contributed by atoms with van der Waals surface area (Å²) in [6.45, 7) is -0.791. The Balaban J connectivity index is 0.00000392. The first-order valence-electron chi connectivity index (χ1n) is 7.86. The van der Waals surface area contributed by atoms with E-state index in [0.29, 0.717) is 0 Å². The predicted octanol–water partition coefficient (Wildman–Crippen LogP) is 1.86. The number of nitrogens with two attached hydrogens (primary N) is 1. The van der Waals surface area contributed by atoms with Gasteiger partial charge in [0.15, 0.2) is 0 Å². The molecule has 0 radical (unpaired) electrons. The van der Waals surface area contributed by atoms with Gasteiger partial charge in [0, 0.05) is 24.7 Å². The van der Waals surface area contributed by atoms with Gasteiger partial charge in [-0.3, -0.25) is 4.79 Å². The number of aliphatic hydroxyl groups is 2. The van der Waals surface area contributed by atoms with Crippen molar-refractivity contribution in [2.24, 2.45) is 5.73 Å². The molecule has 0 aliphatic carbocycles. The second kappa shape index (κ2) is 10.2. The highest BCUT2D eigenvalue weighted by Crippen LogP contribution is 2.31. The Morgan fingerprint density at radius 2 is 2.00 bits per heavy atom. The smallest absolute Gasteiger partial charge is 0.433 e. The molecule has 1 aromatic heterocycles. The third-order valence-corrected chi connectivity index (χ3v) is 3.42. The fourth-order valence-electron chi connectivity index (χ4n) is 2.07. The number of aliphatic hydroxyl groups excluding tert-OH is 2. The van der Waals surface area contributed by atoms with Crippen molar-refractivity contribution in [3.8, 4) is 11.6 Å². The molecular formula is C17H19ClF3N3O4. The summed E-state index contributed by atoms with van der Waals surface area (Å²) in [6.07, 6.45) is -5.75. The minimum atomic E-state index is -4.65. The van der Waals surface area contributed by atoms with Gasteiger partial charge in [-0.1, -0.05) is 6.07 Å². The summed E-state index contributed by atoms with van der Waals surface area (Å²) in [5.74, 6) is -0.758. The highest BCUT2D eigenvalue weighted by atomic mass is 35.5. The molecule has 0 aliphatic heterocycles. The Labute approximate surface area is 164 Å². The number of ether oxygens (including phenoxy) is 1. The van der Waals surface area contributed by atoms with Gasteiger partial charge in [0.1, 0.15) is 11.4 Å². The molecule has 0 saturated carbocycles. The lowest BCUT2D eigenvalue weighted by Gasteiger charge is -2.12. The highest BCUT2D eigenvalue weighted by Gasteiger charge is 2.33. The van der Waals surface area contributed by atoms with E-state index in [2.05, 4.69) is 10.3 Å². The van der Waals surface area contributed by atoms with E-state index < -0.39 is 30.5 Å². The van der Waals surface area contributed by atoms with Gasteiger partial charge in [-0.05, 0) is 29.8 Å². The highest BCUT2D eigenvalue weighted by molar-refractivity contribution is 5.94. The number of benzene rings is 1. The molecule has 154 valence electrons. The fraction of sp³-hybridized carbons (Fsp3) is 0.294. The lowest BCUT2D eigenvalue weighted by Crippen LogP contribution is -2.33. The van der Waals surface area contributed by atoms with Crippen molar-refractivity contribution in [1.82, 2.24) is 10.3 Å². The number of carbonyl (C=O) groups is 1. The third kappa shape index (κ3) is 6.64. The molecule has 5 N–H and O–H groups in total. The number of pyridine rings is 1. The Kier molecular flexibility index (Phi) is 8.64. The molecule has 0 spiro atoms. The second-order valence-corrected chi connectivity index (χ2v) is 5.58. The topological polar surface area (TPSA) is 118 Å². The molecule has 7 nitrogen and oxygen atoms in total. The van der Waals surface area contributed by atoms with E-state index in [1.165, 1.54) is 30.3 Å². The minimum absolute atomic E-state index is 0. The van der Waals surface area contributed by atoms with Crippen LogP contribution < -0.4 is 15.8 Å². The van der Waals surface area contributed by atoms with Crippen LogP contribution in [0.15, 0.2) is 36.4 Å². The standard InChI is InChI=1S/C17H18F3N3O4.ClH/c18-17(19,20)14-4-10(7-21)5-15(23-14)27-13-3-1-2-11(6-13)16(26)22-8-12(25)9-24;/h1-6,12,24-25H,7-9,21H2,(H,22,26);1H. The average Bonchev–Trinajstić information content (AvgIpc) is 2.64. The lowest BCUT2D eigenvalue weighted by atomic mass is 10.2. The summed E-state index contributed by atoms with van der Waals surface area (Å²) < 4.78 is 44.1. The zero-order valence-corrected chi connectivity index (χ0v) is 15.3. The minimum Gasteiger partial charge on any atom is -0.439 e. The monoisotopic (exact) mass is 421 g/mol. The summed E-state index contributed by atoms with van der Waals surface area (Å²) in [5, 5.41) is 20.4. The van der Waals surface area contributed by atoms with E-state index >= 15 is 0 Å². The first-order chi connectivity index (χ1) is 12.7. The first-order valence-corrected chi connectivity index (χ1v) is 7.86. The zero-order valence-electron chi connectivity index (χ0n) is 14.4. The van der Waals surface area contributed by atoms with Crippen LogP contribution in [0.3, 0.4) is 0 Å². The normalized spacial score (nSPS) is 12.1. The van der Waals surface area contributed by atoms with Crippen LogP contribution in [0.5, 0.6) is 11.6 Å². The van der Waals surface area contributed by atoms with Gasteiger partial charge in [-0.2, -0.15) is 13.2 Å². The molecule has 1 atom stereocenters. The molecular weight excluding hydrogens is 403 g/mol. The summed E-state index contributed by atoms with van der Waals surface area (Å²) >= 11 is 0. The Hall–Kier alpha value is -2.40. The number of halogens is 4. The van der Waals surface area contributed by atoms with Gasteiger partial charge in [-0.25, -0.2) is 4.98 Å². The molecule has 0 aliphatic rings. The molecule has 28 heavy (non-hydrogen) atoms. The number of nitrogens with one attached hydrogen (secondary N) is 1. The largest absolute Gasteiger partial charge is 0.439 e. The van der Waals surface area contributed by atoms with Crippen molar-refractivity contribution in [2.45, 2.75) is 18.8 Å². The Bertz CT molecular complexity index is 805. The molecule has 1 unspecified atom stereocenters. The first kappa shape index (κ1) is 23.6. The number of hydrogen-bond donors (Lipinski definition) is 4. The van der Waals surface area contributed by atoms with Gasteiger partial charge in [0.2, 0.25) is 5.88 Å². The summed E-state index contributed by atoms with van der Waals surface area (Å²) in [5.41, 5.74) is 4.63. The maximum Gasteiger partial charge on any atom is 0.433 e. The molecule has 1 aromatic carbocycles. The Morgan fingerprint density at radius 1 is 1.29 bits per heavy atom. The molecule has 0 fully saturated rings. The van der Waals surface area contributed by atoms with Crippen LogP contribution in [0.25, 0.3) is 0 Å². The Morgan fingerprint density at radius 3 is 2.61 bits per heavy atom. The second-order valence-electron chi connectivity index (χ2n) is 5.58. The van der Waals surface area contributed by atoms with E-state index in [9.17, 15) is 23.1 Å². The van der Waals surface area contributed by atoms with Gasteiger partial charge >= 0.3 is 6.18 Å². The van der Waals surface area contributed by atoms with Crippen molar-refractivity contribution in [2.75, 3.05) is 13.2 Å². The average molecular weight is 422 g/mol. The van der Waals surface area contributed by atoms with Crippen LogP contribution in [0.4, 0.5) is 13.2 Å². The maximum atomic E-state index is 12.9. The number of rotatable bonds is 7. The fourth-order valence-corrected chi connectivity index (χ4v) is 2.07. The quantitative estimate of drug-likeness (QED) is 0.542. The summed E-state index contributed by atoms with van der Waals surface area (Å²) in [4.78, 5) is 15.4. The number of amides is 1. The van der Waals surface area contributed by atoms with E-state index in [4.69, 9.17) is 15.6 Å². The van der Waals surface area contributed by atoms with Gasteiger partial charge in [0.25, 0.3) is 5.91 Å². The van der Waals surface area contributed by atoms with Crippen LogP contribution in [-0.2, 0) is 12.7 Å². The predicted molar refractivity (Wildman–Crippen MR) is 96.3 cm³/mol. The number of hydrogen-bond acceptors (Lipinski definition) is 6. The van der Waals surface area contributed by atoms with Crippen LogP contribution in [0.1, 0.15) is 21.6 Å². The van der Waals surface area contributed by atoms with Crippen molar-refractivity contribution >= 4 is 18.3 Å². The number of alkyl halides is 3. The molecule has 0 bridgehead atoms. The van der Waals surface area contributed by atoms with E-state index in [-0.39, 0.29) is 48.3 Å². The van der Waals surface area contributed by atoms with E-state index in [0.717, 1.165) is 6.07 Å². The zero-order chi connectivity index (χ0) is 20.0.